The van der Waals surface area contributed by atoms with Gasteiger partial charge in [0.25, 0.3) is 5.92 Å². The zero-order valence-corrected chi connectivity index (χ0v) is 7.11. The summed E-state index contributed by atoms with van der Waals surface area (Å²) in [6.45, 7) is 0.624. The van der Waals surface area contributed by atoms with E-state index in [1.54, 1.807) is 0 Å². The summed E-state index contributed by atoms with van der Waals surface area (Å²) in [5, 5.41) is 0. The molecule has 0 radical (unpaired) electrons. The zero-order valence-electron chi connectivity index (χ0n) is 7.53. The number of halogens is 3. The average molecular weight is 225 g/mol. The lowest BCUT2D eigenvalue weighted by atomic mass is 10.3. The number of aromatic nitrogens is 2. The van der Waals surface area contributed by atoms with E-state index in [-0.39, 0.29) is 4.60 Å². The molecule has 0 saturated heterocycles. The first-order valence-electron chi connectivity index (χ1n) is 3.71. The Morgan fingerprint density at radius 1 is 1.64 bits per heavy atom. The molecule has 2 nitrogen and oxygen atoms in total. The predicted octanol–water partition coefficient (Wildman–Crippen LogP) is 2.35. The van der Waals surface area contributed by atoms with Crippen LogP contribution in [0.25, 0.3) is 0 Å². The Labute approximate surface area is 73.6 Å². The summed E-state index contributed by atoms with van der Waals surface area (Å²) in [4.78, 5) is 6.59. The highest BCUT2D eigenvalue weighted by atomic mass is 79.9. The molecule has 5 heteroatoms. The van der Waals surface area contributed by atoms with Crippen LogP contribution in [0.2, 0.25) is 0 Å². The Morgan fingerprint density at radius 3 is 2.82 bits per heavy atom. The summed E-state index contributed by atoms with van der Waals surface area (Å²) in [5.74, 6) is -3.22. The fraction of sp³-hybridized carbons (Fsp3) is 0.333. The summed E-state index contributed by atoms with van der Waals surface area (Å²) in [6.07, 6.45) is -0.528. The molecule has 1 rings (SSSR count). The molecule has 0 amide bonds. The van der Waals surface area contributed by atoms with Crippen LogP contribution in [0.4, 0.5) is 8.78 Å². The highest BCUT2D eigenvalue weighted by Gasteiger charge is 2.26. The molecule has 0 aliphatic rings. The molecule has 0 atom stereocenters. The van der Waals surface area contributed by atoms with Crippen molar-refractivity contribution in [3.05, 3.63) is 22.6 Å². The zero-order chi connectivity index (χ0) is 10.2. The molecule has 60 valence electrons. The van der Waals surface area contributed by atoms with Gasteiger partial charge in [0.1, 0.15) is 18.0 Å². The van der Waals surface area contributed by atoms with Crippen LogP contribution in [0.15, 0.2) is 16.9 Å². The third kappa shape index (κ3) is 2.18. The van der Waals surface area contributed by atoms with Crippen molar-refractivity contribution in [2.24, 2.45) is 0 Å². The summed E-state index contributed by atoms with van der Waals surface area (Å²) < 4.78 is 39.6. The molecule has 0 unspecified atom stereocenters. The van der Waals surface area contributed by atoms with Gasteiger partial charge in [-0.25, -0.2) is 9.97 Å². The molecule has 1 aromatic heterocycles. The third-order valence-corrected chi connectivity index (χ3v) is 1.32. The van der Waals surface area contributed by atoms with Crippen LogP contribution in [0.5, 0.6) is 0 Å². The van der Waals surface area contributed by atoms with E-state index in [2.05, 4.69) is 25.9 Å². The number of hydrogen-bond donors (Lipinski definition) is 0. The van der Waals surface area contributed by atoms with Gasteiger partial charge in [0.05, 0.1) is 1.37 Å². The van der Waals surface area contributed by atoms with Gasteiger partial charge in [0.2, 0.25) is 0 Å². The van der Waals surface area contributed by atoms with E-state index < -0.39 is 24.0 Å². The molecule has 0 N–H and O–H groups in total. The van der Waals surface area contributed by atoms with Gasteiger partial charge >= 0.3 is 0 Å². The topological polar surface area (TPSA) is 25.8 Å². The number of rotatable bonds is 1. The Morgan fingerprint density at radius 2 is 2.27 bits per heavy atom. The van der Waals surface area contributed by atoms with Crippen LogP contribution in [-0.2, 0) is 5.92 Å². The second kappa shape index (κ2) is 2.81. The van der Waals surface area contributed by atoms with E-state index in [1.165, 1.54) is 0 Å². The first kappa shape index (κ1) is 5.99. The smallest absolute Gasteiger partial charge is 0.235 e. The predicted molar refractivity (Wildman–Crippen MR) is 39.3 cm³/mol. The van der Waals surface area contributed by atoms with Crippen molar-refractivity contribution < 1.29 is 11.5 Å². The van der Waals surface area contributed by atoms with E-state index in [4.69, 9.17) is 2.74 Å². The standard InChI is InChI=1S/C6H5BrF2N2/c1-6(8,9)4-2-5(7)11-3-10-4/h2-3H,1H3/i2D,3D. The van der Waals surface area contributed by atoms with Gasteiger partial charge in [0.15, 0.2) is 0 Å². The molecule has 0 aliphatic carbocycles. The molecular weight excluding hydrogens is 218 g/mol. The Bertz CT molecular complexity index is 340. The second-order valence-corrected chi connectivity index (χ2v) is 2.73. The molecule has 11 heavy (non-hydrogen) atoms. The molecule has 0 saturated carbocycles. The molecule has 0 spiro atoms. The Kier molecular flexibility index (Phi) is 1.53. The van der Waals surface area contributed by atoms with Crippen molar-refractivity contribution in [1.82, 2.24) is 9.97 Å². The summed E-state index contributed by atoms with van der Waals surface area (Å²) in [7, 11) is 0. The molecule has 0 aliphatic heterocycles. The number of hydrogen-bond acceptors (Lipinski definition) is 2. The van der Waals surface area contributed by atoms with Crippen molar-refractivity contribution >= 4 is 15.9 Å². The van der Waals surface area contributed by atoms with E-state index in [0.29, 0.717) is 6.92 Å². The lowest BCUT2D eigenvalue weighted by Gasteiger charge is -2.07. The van der Waals surface area contributed by atoms with Gasteiger partial charge in [-0.15, -0.1) is 0 Å². The highest BCUT2D eigenvalue weighted by molar-refractivity contribution is 9.10. The van der Waals surface area contributed by atoms with E-state index in [0.717, 1.165) is 0 Å². The fourth-order valence-electron chi connectivity index (χ4n) is 0.480. The molecule has 0 bridgehead atoms. The van der Waals surface area contributed by atoms with Crippen molar-refractivity contribution in [2.75, 3.05) is 0 Å². The van der Waals surface area contributed by atoms with Gasteiger partial charge in [-0.2, -0.15) is 8.78 Å². The maximum absolute atomic E-state index is 12.8. The monoisotopic (exact) mass is 224 g/mol. The summed E-state index contributed by atoms with van der Waals surface area (Å²) >= 11 is 2.80. The minimum Gasteiger partial charge on any atom is -0.235 e. The number of alkyl halides is 2. The third-order valence-electron chi connectivity index (χ3n) is 0.947. The van der Waals surface area contributed by atoms with Gasteiger partial charge in [-0.3, -0.25) is 0 Å². The second-order valence-electron chi connectivity index (χ2n) is 1.98. The summed E-state index contributed by atoms with van der Waals surface area (Å²) in [6, 6.07) is -0.483. The first-order valence-corrected chi connectivity index (χ1v) is 3.50. The van der Waals surface area contributed by atoms with Gasteiger partial charge in [-0.05, 0) is 22.0 Å². The molecule has 1 aromatic rings. The maximum atomic E-state index is 12.8. The first-order chi connectivity index (χ1) is 5.82. The normalized spacial score (nSPS) is 14.2. The van der Waals surface area contributed by atoms with Crippen LogP contribution in [0.1, 0.15) is 15.4 Å². The lowest BCUT2D eigenvalue weighted by Crippen LogP contribution is -2.09. The van der Waals surface area contributed by atoms with Crippen molar-refractivity contribution in [2.45, 2.75) is 12.8 Å². The van der Waals surface area contributed by atoms with E-state index in [1.807, 2.05) is 0 Å². The molecular formula is C6H5BrF2N2. The highest BCUT2D eigenvalue weighted by Crippen LogP contribution is 2.25. The van der Waals surface area contributed by atoms with Gasteiger partial charge in [0, 0.05) is 6.92 Å². The van der Waals surface area contributed by atoms with Crippen LogP contribution in [-0.4, -0.2) is 9.97 Å². The maximum Gasteiger partial charge on any atom is 0.287 e. The summed E-state index contributed by atoms with van der Waals surface area (Å²) in [5.41, 5.74) is -0.737. The van der Waals surface area contributed by atoms with E-state index in [9.17, 15) is 8.78 Å². The largest absolute Gasteiger partial charge is 0.287 e. The minimum absolute atomic E-state index is 0.0935. The minimum atomic E-state index is -3.22. The van der Waals surface area contributed by atoms with Gasteiger partial charge in [-0.1, -0.05) is 0 Å². The SMILES string of the molecule is [2H]c1nc(Br)c([2H])c(C(C)(F)F)n1. The van der Waals surface area contributed by atoms with Crippen molar-refractivity contribution in [3.8, 4) is 0 Å². The molecule has 1 heterocycles. The van der Waals surface area contributed by atoms with Crippen molar-refractivity contribution in [3.63, 3.8) is 0 Å². The molecule has 0 aromatic carbocycles. The van der Waals surface area contributed by atoms with Crippen LogP contribution >= 0.6 is 15.9 Å². The van der Waals surface area contributed by atoms with Crippen LogP contribution < -0.4 is 0 Å². The lowest BCUT2D eigenvalue weighted by molar-refractivity contribution is 0.0125. The Hall–Kier alpha value is -0.580. The molecule has 0 fully saturated rings. The van der Waals surface area contributed by atoms with E-state index >= 15 is 0 Å². The quantitative estimate of drug-likeness (QED) is 0.685. The van der Waals surface area contributed by atoms with Crippen LogP contribution in [0, 0.1) is 0 Å². The van der Waals surface area contributed by atoms with Crippen molar-refractivity contribution in [1.29, 1.82) is 0 Å². The fourth-order valence-corrected chi connectivity index (χ4v) is 0.747. The van der Waals surface area contributed by atoms with Gasteiger partial charge < -0.3 is 0 Å². The Balaban J connectivity index is 3.37. The van der Waals surface area contributed by atoms with Crippen LogP contribution in [0.3, 0.4) is 0 Å². The average Bonchev–Trinajstić information content (AvgIpc) is 1.94. The number of nitrogens with zero attached hydrogens (tertiary/aromatic N) is 2.